The summed E-state index contributed by atoms with van der Waals surface area (Å²) >= 11 is 9.55. The van der Waals surface area contributed by atoms with Gasteiger partial charge in [0.25, 0.3) is 5.91 Å². The SMILES string of the molecule is CC.Cc1cc(Br)c2c(c1Cl)C(=O)NCC2. The van der Waals surface area contributed by atoms with E-state index < -0.39 is 0 Å². The fourth-order valence-electron chi connectivity index (χ4n) is 1.66. The van der Waals surface area contributed by atoms with Crippen molar-refractivity contribution in [3.05, 3.63) is 32.3 Å². The molecule has 1 N–H and O–H groups in total. The topological polar surface area (TPSA) is 29.1 Å². The molecule has 2 nitrogen and oxygen atoms in total. The van der Waals surface area contributed by atoms with Crippen LogP contribution in [0.2, 0.25) is 5.02 Å². The lowest BCUT2D eigenvalue weighted by molar-refractivity contribution is 0.0946. The van der Waals surface area contributed by atoms with Gasteiger partial charge in [-0.15, -0.1) is 0 Å². The van der Waals surface area contributed by atoms with E-state index in [2.05, 4.69) is 21.2 Å². The van der Waals surface area contributed by atoms with Gasteiger partial charge in [-0.3, -0.25) is 4.79 Å². The van der Waals surface area contributed by atoms with Gasteiger partial charge >= 0.3 is 0 Å². The molecule has 1 amide bonds. The molecule has 1 aromatic carbocycles. The number of hydrogen-bond acceptors (Lipinski definition) is 1. The molecular formula is C12H15BrClNO. The molecule has 0 saturated carbocycles. The maximum absolute atomic E-state index is 11.6. The molecule has 0 aromatic heterocycles. The van der Waals surface area contributed by atoms with Gasteiger partial charge in [0.2, 0.25) is 0 Å². The van der Waals surface area contributed by atoms with Crippen molar-refractivity contribution in [1.82, 2.24) is 5.32 Å². The van der Waals surface area contributed by atoms with E-state index in [4.69, 9.17) is 11.6 Å². The summed E-state index contributed by atoms with van der Waals surface area (Å²) in [6.45, 7) is 6.58. The minimum absolute atomic E-state index is 0.0688. The number of fused-ring (bicyclic) bond motifs is 1. The maximum atomic E-state index is 11.6. The van der Waals surface area contributed by atoms with Crippen molar-refractivity contribution >= 4 is 33.4 Å². The molecule has 0 spiro atoms. The van der Waals surface area contributed by atoms with Gasteiger partial charge in [-0.05, 0) is 30.5 Å². The molecule has 0 aliphatic carbocycles. The predicted octanol–water partition coefficient (Wildman–Crippen LogP) is 3.72. The minimum Gasteiger partial charge on any atom is -0.352 e. The summed E-state index contributed by atoms with van der Waals surface area (Å²) in [6.07, 6.45) is 0.835. The Morgan fingerprint density at radius 1 is 1.44 bits per heavy atom. The summed E-state index contributed by atoms with van der Waals surface area (Å²) in [5.41, 5.74) is 2.57. The van der Waals surface area contributed by atoms with E-state index in [0.29, 0.717) is 17.1 Å². The van der Waals surface area contributed by atoms with Gasteiger partial charge in [0.05, 0.1) is 10.6 Å². The summed E-state index contributed by atoms with van der Waals surface area (Å²) in [5.74, 6) is -0.0688. The Hall–Kier alpha value is -0.540. The number of halogens is 2. The molecule has 0 unspecified atom stereocenters. The highest BCUT2D eigenvalue weighted by Gasteiger charge is 2.23. The fourth-order valence-corrected chi connectivity index (χ4v) is 2.65. The van der Waals surface area contributed by atoms with Crippen LogP contribution < -0.4 is 5.32 Å². The van der Waals surface area contributed by atoms with Gasteiger partial charge in [0, 0.05) is 11.0 Å². The standard InChI is InChI=1S/C10H9BrClNO.C2H6/c1-5-4-7(11)6-2-3-13-10(14)8(6)9(5)12;1-2/h4H,2-3H2,1H3,(H,13,14);1-2H3. The Kier molecular flexibility index (Phi) is 4.81. The largest absolute Gasteiger partial charge is 0.352 e. The van der Waals surface area contributed by atoms with Crippen molar-refractivity contribution in [2.45, 2.75) is 27.2 Å². The van der Waals surface area contributed by atoms with Crippen LogP contribution in [0.5, 0.6) is 0 Å². The third-order valence-corrected chi connectivity index (χ3v) is 3.58. The lowest BCUT2D eigenvalue weighted by Crippen LogP contribution is -2.32. The summed E-state index contributed by atoms with van der Waals surface area (Å²) < 4.78 is 0.976. The first kappa shape index (κ1) is 13.5. The minimum atomic E-state index is -0.0688. The second-order valence-corrected chi connectivity index (χ2v) is 4.58. The molecule has 16 heavy (non-hydrogen) atoms. The van der Waals surface area contributed by atoms with Crippen LogP contribution in [0.15, 0.2) is 10.5 Å². The summed E-state index contributed by atoms with van der Waals surface area (Å²) in [7, 11) is 0. The lowest BCUT2D eigenvalue weighted by Gasteiger charge is -2.20. The van der Waals surface area contributed by atoms with Gasteiger partial charge in [-0.2, -0.15) is 0 Å². The molecule has 0 saturated heterocycles. The summed E-state index contributed by atoms with van der Waals surface area (Å²) in [6, 6.07) is 1.96. The second-order valence-electron chi connectivity index (χ2n) is 3.35. The molecule has 88 valence electrons. The van der Waals surface area contributed by atoms with Crippen molar-refractivity contribution in [1.29, 1.82) is 0 Å². The van der Waals surface area contributed by atoms with Crippen molar-refractivity contribution in [2.24, 2.45) is 0 Å². The van der Waals surface area contributed by atoms with Crippen LogP contribution in [0.1, 0.15) is 35.3 Å². The van der Waals surface area contributed by atoms with Crippen molar-refractivity contribution in [3.63, 3.8) is 0 Å². The van der Waals surface area contributed by atoms with Crippen LogP contribution in [0.25, 0.3) is 0 Å². The molecule has 2 rings (SSSR count). The highest BCUT2D eigenvalue weighted by atomic mass is 79.9. The second kappa shape index (κ2) is 5.69. The third kappa shape index (κ3) is 2.41. The van der Waals surface area contributed by atoms with Crippen molar-refractivity contribution in [3.8, 4) is 0 Å². The normalized spacial score (nSPS) is 13.4. The van der Waals surface area contributed by atoms with Crippen molar-refractivity contribution < 1.29 is 4.79 Å². The Labute approximate surface area is 110 Å². The van der Waals surface area contributed by atoms with E-state index in [1.54, 1.807) is 0 Å². The quantitative estimate of drug-likeness (QED) is 0.777. The molecule has 1 aliphatic heterocycles. The summed E-state index contributed by atoms with van der Waals surface area (Å²) in [4.78, 5) is 11.6. The first-order chi connectivity index (χ1) is 7.61. The van der Waals surface area contributed by atoms with Gasteiger partial charge in [-0.1, -0.05) is 41.4 Å². The van der Waals surface area contributed by atoms with Crippen LogP contribution >= 0.6 is 27.5 Å². The molecule has 0 fully saturated rings. The van der Waals surface area contributed by atoms with Gasteiger partial charge < -0.3 is 5.32 Å². The van der Waals surface area contributed by atoms with E-state index in [-0.39, 0.29) is 5.91 Å². The number of benzene rings is 1. The number of aryl methyl sites for hydroxylation is 1. The Bertz CT molecular complexity index is 418. The van der Waals surface area contributed by atoms with E-state index in [0.717, 1.165) is 22.0 Å². The Morgan fingerprint density at radius 3 is 2.69 bits per heavy atom. The molecule has 4 heteroatoms. The lowest BCUT2D eigenvalue weighted by atomic mass is 9.98. The first-order valence-electron chi connectivity index (χ1n) is 5.37. The van der Waals surface area contributed by atoms with Crippen LogP contribution in [0.4, 0.5) is 0 Å². The number of rotatable bonds is 0. The highest BCUT2D eigenvalue weighted by Crippen LogP contribution is 2.32. The van der Waals surface area contributed by atoms with E-state index >= 15 is 0 Å². The maximum Gasteiger partial charge on any atom is 0.253 e. The molecule has 0 atom stereocenters. The first-order valence-corrected chi connectivity index (χ1v) is 6.54. The molecule has 1 aromatic rings. The van der Waals surface area contributed by atoms with Crippen LogP contribution in [0, 0.1) is 6.92 Å². The molecular weight excluding hydrogens is 289 g/mol. The van der Waals surface area contributed by atoms with Gasteiger partial charge in [0.15, 0.2) is 0 Å². The Morgan fingerprint density at radius 2 is 2.06 bits per heavy atom. The number of amides is 1. The fraction of sp³-hybridized carbons (Fsp3) is 0.417. The number of hydrogen-bond donors (Lipinski definition) is 1. The molecule has 1 aliphatic rings. The zero-order chi connectivity index (χ0) is 12.3. The zero-order valence-corrected chi connectivity index (χ0v) is 12.0. The van der Waals surface area contributed by atoms with Gasteiger partial charge in [0.1, 0.15) is 0 Å². The molecule has 0 radical (unpaired) electrons. The zero-order valence-electron chi connectivity index (χ0n) is 9.66. The number of carbonyl (C=O) groups is 1. The Balaban J connectivity index is 0.000000606. The molecule has 1 heterocycles. The predicted molar refractivity (Wildman–Crippen MR) is 71.3 cm³/mol. The highest BCUT2D eigenvalue weighted by molar-refractivity contribution is 9.10. The van der Waals surface area contributed by atoms with Crippen LogP contribution in [-0.2, 0) is 6.42 Å². The van der Waals surface area contributed by atoms with E-state index in [1.807, 2.05) is 26.8 Å². The van der Waals surface area contributed by atoms with Crippen LogP contribution in [-0.4, -0.2) is 12.5 Å². The molecule has 0 bridgehead atoms. The average Bonchev–Trinajstić information content (AvgIpc) is 2.29. The smallest absolute Gasteiger partial charge is 0.253 e. The van der Waals surface area contributed by atoms with E-state index in [1.165, 1.54) is 0 Å². The van der Waals surface area contributed by atoms with Crippen molar-refractivity contribution in [2.75, 3.05) is 6.54 Å². The van der Waals surface area contributed by atoms with Crippen LogP contribution in [0.3, 0.4) is 0 Å². The van der Waals surface area contributed by atoms with E-state index in [9.17, 15) is 4.79 Å². The summed E-state index contributed by atoms with van der Waals surface area (Å²) in [5, 5.41) is 3.36. The monoisotopic (exact) mass is 303 g/mol. The number of carbonyl (C=O) groups excluding carboxylic acids is 1. The number of nitrogens with one attached hydrogen (secondary N) is 1. The average molecular weight is 305 g/mol. The van der Waals surface area contributed by atoms with Gasteiger partial charge in [-0.25, -0.2) is 0 Å². The third-order valence-electron chi connectivity index (χ3n) is 2.39.